The van der Waals surface area contributed by atoms with Gasteiger partial charge >= 0.3 is 0 Å². The lowest BCUT2D eigenvalue weighted by Crippen LogP contribution is -2.23. The topological polar surface area (TPSA) is 59.1 Å². The molecule has 100 valence electrons. The molecule has 19 heavy (non-hydrogen) atoms. The second-order valence-corrected chi connectivity index (χ2v) is 6.36. The van der Waals surface area contributed by atoms with Crippen LogP contribution in [0.5, 0.6) is 0 Å². The van der Waals surface area contributed by atoms with E-state index >= 15 is 0 Å². The van der Waals surface area contributed by atoms with Crippen molar-refractivity contribution in [2.24, 2.45) is 0 Å². The Hall–Kier alpha value is -1.14. The molecule has 0 spiro atoms. The third kappa shape index (κ3) is 3.67. The molecule has 0 fully saturated rings. The van der Waals surface area contributed by atoms with E-state index in [1.54, 1.807) is 24.3 Å². The van der Waals surface area contributed by atoms with Gasteiger partial charge in [0, 0.05) is 29.0 Å². The van der Waals surface area contributed by atoms with Gasteiger partial charge in [-0.3, -0.25) is 4.98 Å². The summed E-state index contributed by atoms with van der Waals surface area (Å²) in [4.78, 5) is 3.88. The van der Waals surface area contributed by atoms with Gasteiger partial charge in [-0.1, -0.05) is 29.3 Å². The highest BCUT2D eigenvalue weighted by atomic mass is 35.5. The molecule has 0 unspecified atom stereocenters. The SMILES string of the molecule is O=S(=O)(NCc1ccc(Cl)cc1Cl)c1cccnc1. The lowest BCUT2D eigenvalue weighted by molar-refractivity contribution is 0.581. The quantitative estimate of drug-likeness (QED) is 0.943. The number of hydrogen-bond acceptors (Lipinski definition) is 3. The zero-order chi connectivity index (χ0) is 13.9. The molecule has 0 bridgehead atoms. The first-order valence-corrected chi connectivity index (χ1v) is 7.56. The molecule has 0 saturated heterocycles. The fraction of sp³-hybridized carbons (Fsp3) is 0.0833. The molecule has 0 aliphatic rings. The van der Waals surface area contributed by atoms with Crippen LogP contribution in [0.1, 0.15) is 5.56 Å². The molecule has 0 saturated carbocycles. The summed E-state index contributed by atoms with van der Waals surface area (Å²) in [7, 11) is -3.59. The van der Waals surface area contributed by atoms with Gasteiger partial charge in [-0.15, -0.1) is 0 Å². The Morgan fingerprint density at radius 3 is 2.63 bits per heavy atom. The summed E-state index contributed by atoms with van der Waals surface area (Å²) in [6.45, 7) is 0.0905. The molecular formula is C12H10Cl2N2O2S. The van der Waals surface area contributed by atoms with Gasteiger partial charge in [0.05, 0.1) is 0 Å². The zero-order valence-corrected chi connectivity index (χ0v) is 12.0. The maximum Gasteiger partial charge on any atom is 0.242 e. The smallest absolute Gasteiger partial charge is 0.242 e. The average Bonchev–Trinajstić information content (AvgIpc) is 2.39. The van der Waals surface area contributed by atoms with E-state index in [0.717, 1.165) is 0 Å². The maximum atomic E-state index is 12.0. The molecule has 4 nitrogen and oxygen atoms in total. The van der Waals surface area contributed by atoms with Gasteiger partial charge in [0.15, 0.2) is 0 Å². The molecule has 0 atom stereocenters. The fourth-order valence-corrected chi connectivity index (χ4v) is 2.87. The molecule has 2 aromatic rings. The van der Waals surface area contributed by atoms with E-state index in [1.165, 1.54) is 18.5 Å². The van der Waals surface area contributed by atoms with Gasteiger partial charge in [0.1, 0.15) is 4.90 Å². The summed E-state index contributed by atoms with van der Waals surface area (Å²) in [6, 6.07) is 7.93. The number of aromatic nitrogens is 1. The first-order chi connectivity index (χ1) is 8.99. The fourth-order valence-electron chi connectivity index (χ4n) is 1.43. The maximum absolute atomic E-state index is 12.0. The van der Waals surface area contributed by atoms with E-state index in [-0.39, 0.29) is 11.4 Å². The zero-order valence-electron chi connectivity index (χ0n) is 9.68. The van der Waals surface area contributed by atoms with E-state index < -0.39 is 10.0 Å². The number of nitrogens with one attached hydrogen (secondary N) is 1. The van der Waals surface area contributed by atoms with Crippen molar-refractivity contribution in [2.45, 2.75) is 11.4 Å². The van der Waals surface area contributed by atoms with Crippen LogP contribution in [0.25, 0.3) is 0 Å². The van der Waals surface area contributed by atoms with Crippen molar-refractivity contribution in [3.63, 3.8) is 0 Å². The highest BCUT2D eigenvalue weighted by molar-refractivity contribution is 7.89. The van der Waals surface area contributed by atoms with Gasteiger partial charge in [-0.05, 0) is 29.8 Å². The summed E-state index contributed by atoms with van der Waals surface area (Å²) in [6.07, 6.45) is 2.79. The van der Waals surface area contributed by atoms with Crippen molar-refractivity contribution in [3.8, 4) is 0 Å². The van der Waals surface area contributed by atoms with Crippen LogP contribution in [0.2, 0.25) is 10.0 Å². The van der Waals surface area contributed by atoms with Gasteiger partial charge in [0.2, 0.25) is 10.0 Å². The lowest BCUT2D eigenvalue weighted by atomic mass is 10.2. The van der Waals surface area contributed by atoms with Crippen LogP contribution in [0.15, 0.2) is 47.6 Å². The van der Waals surface area contributed by atoms with Crippen molar-refractivity contribution in [3.05, 3.63) is 58.3 Å². The molecule has 0 aliphatic carbocycles. The number of benzene rings is 1. The molecule has 0 aliphatic heterocycles. The Kier molecular flexibility index (Phi) is 4.42. The van der Waals surface area contributed by atoms with Crippen LogP contribution in [0, 0.1) is 0 Å². The standard InChI is InChI=1S/C12H10Cl2N2O2S/c13-10-4-3-9(12(14)6-10)7-16-19(17,18)11-2-1-5-15-8-11/h1-6,8,16H,7H2. The predicted octanol–water partition coefficient (Wildman–Crippen LogP) is 2.87. The number of halogens is 2. The molecule has 0 radical (unpaired) electrons. The van der Waals surface area contributed by atoms with Crippen molar-refractivity contribution in [2.75, 3.05) is 0 Å². The van der Waals surface area contributed by atoms with Crippen LogP contribution in [-0.4, -0.2) is 13.4 Å². The Bertz CT molecular complexity index is 675. The van der Waals surface area contributed by atoms with Crippen LogP contribution in [0.3, 0.4) is 0 Å². The van der Waals surface area contributed by atoms with E-state index in [1.807, 2.05) is 0 Å². The molecule has 1 aromatic carbocycles. The third-order valence-corrected chi connectivity index (χ3v) is 4.39. The molecule has 2 rings (SSSR count). The van der Waals surface area contributed by atoms with E-state index in [4.69, 9.17) is 23.2 Å². The largest absolute Gasteiger partial charge is 0.263 e. The minimum absolute atomic E-state index is 0.0905. The molecule has 0 amide bonds. The Morgan fingerprint density at radius 1 is 1.21 bits per heavy atom. The summed E-state index contributed by atoms with van der Waals surface area (Å²) in [5, 5.41) is 0.922. The summed E-state index contributed by atoms with van der Waals surface area (Å²) in [5.74, 6) is 0. The molecule has 7 heteroatoms. The van der Waals surface area contributed by atoms with Crippen molar-refractivity contribution in [1.82, 2.24) is 9.71 Å². The normalized spacial score (nSPS) is 11.5. The van der Waals surface area contributed by atoms with Gasteiger partial charge < -0.3 is 0 Å². The van der Waals surface area contributed by atoms with Gasteiger partial charge in [-0.2, -0.15) is 0 Å². The Labute approximate surface area is 121 Å². The number of rotatable bonds is 4. The van der Waals surface area contributed by atoms with Crippen molar-refractivity contribution >= 4 is 33.2 Å². The molecular weight excluding hydrogens is 307 g/mol. The molecule has 1 N–H and O–H groups in total. The van der Waals surface area contributed by atoms with Crippen LogP contribution < -0.4 is 4.72 Å². The molecule has 1 aromatic heterocycles. The van der Waals surface area contributed by atoms with Crippen molar-refractivity contribution in [1.29, 1.82) is 0 Å². The lowest BCUT2D eigenvalue weighted by Gasteiger charge is -2.08. The number of sulfonamides is 1. The first-order valence-electron chi connectivity index (χ1n) is 5.33. The second kappa shape index (κ2) is 5.88. The number of hydrogen-bond donors (Lipinski definition) is 1. The third-order valence-electron chi connectivity index (χ3n) is 2.41. The summed E-state index contributed by atoms with van der Waals surface area (Å²) >= 11 is 11.7. The van der Waals surface area contributed by atoms with Gasteiger partial charge in [-0.25, -0.2) is 13.1 Å². The Balaban J connectivity index is 2.14. The van der Waals surface area contributed by atoms with E-state index in [0.29, 0.717) is 15.6 Å². The summed E-state index contributed by atoms with van der Waals surface area (Å²) in [5.41, 5.74) is 0.651. The van der Waals surface area contributed by atoms with Gasteiger partial charge in [0.25, 0.3) is 0 Å². The van der Waals surface area contributed by atoms with E-state index in [2.05, 4.69) is 9.71 Å². The van der Waals surface area contributed by atoms with Crippen LogP contribution in [0.4, 0.5) is 0 Å². The van der Waals surface area contributed by atoms with Crippen LogP contribution in [-0.2, 0) is 16.6 Å². The number of nitrogens with zero attached hydrogens (tertiary/aromatic N) is 1. The first kappa shape index (κ1) is 14.3. The predicted molar refractivity (Wildman–Crippen MR) is 74.7 cm³/mol. The minimum atomic E-state index is -3.59. The minimum Gasteiger partial charge on any atom is -0.263 e. The van der Waals surface area contributed by atoms with Crippen LogP contribution >= 0.6 is 23.2 Å². The number of pyridine rings is 1. The second-order valence-electron chi connectivity index (χ2n) is 3.75. The van der Waals surface area contributed by atoms with E-state index in [9.17, 15) is 8.42 Å². The summed E-state index contributed by atoms with van der Waals surface area (Å²) < 4.78 is 26.4. The molecule has 1 heterocycles. The highest BCUT2D eigenvalue weighted by Gasteiger charge is 2.14. The monoisotopic (exact) mass is 316 g/mol. The average molecular weight is 317 g/mol. The Morgan fingerprint density at radius 2 is 2.00 bits per heavy atom. The van der Waals surface area contributed by atoms with Crippen molar-refractivity contribution < 1.29 is 8.42 Å². The highest BCUT2D eigenvalue weighted by Crippen LogP contribution is 2.21.